The van der Waals surface area contributed by atoms with Gasteiger partial charge in [-0.1, -0.05) is 0 Å². The molecule has 6 aliphatic rings. The zero-order valence-electron chi connectivity index (χ0n) is 35.7. The molecule has 0 spiro atoms. The molecule has 58 heavy (non-hydrogen) atoms. The predicted octanol–water partition coefficient (Wildman–Crippen LogP) is 16.4. The van der Waals surface area contributed by atoms with Crippen LogP contribution in [-0.4, -0.2) is 5.92 Å². The zero-order chi connectivity index (χ0) is 39.9. The first-order chi connectivity index (χ1) is 28.0. The third-order valence-corrected chi connectivity index (χ3v) is 68.9. The van der Waals surface area contributed by atoms with Crippen LogP contribution in [0.2, 0.25) is 13.1 Å². The molecule has 303 valence electrons. The minimum atomic E-state index is -5.03. The van der Waals surface area contributed by atoms with Gasteiger partial charge in [-0.25, -0.2) is 0 Å². The summed E-state index contributed by atoms with van der Waals surface area (Å²) in [5, 5.41) is 0. The molecule has 0 nitrogen and oxygen atoms in total. The molecule has 4 aromatic rings. The van der Waals surface area contributed by atoms with E-state index in [9.17, 15) is 17.0 Å². The van der Waals surface area contributed by atoms with Crippen molar-refractivity contribution in [3.05, 3.63) is 129 Å². The summed E-state index contributed by atoms with van der Waals surface area (Å²) in [6.07, 6.45) is 26.2. The first-order valence-corrected chi connectivity index (χ1v) is 39.8. The van der Waals surface area contributed by atoms with Crippen molar-refractivity contribution >= 4 is 35.1 Å². The fourth-order valence-corrected chi connectivity index (χ4v) is 45.4. The third kappa shape index (κ3) is 6.58. The second-order valence-corrected chi connectivity index (χ2v) is 63.4. The molecule has 4 heteroatoms. The van der Waals surface area contributed by atoms with Gasteiger partial charge in [-0.15, -0.1) is 0 Å². The van der Waals surface area contributed by atoms with Crippen molar-refractivity contribution in [3.63, 3.8) is 0 Å². The van der Waals surface area contributed by atoms with Gasteiger partial charge in [0, 0.05) is 0 Å². The van der Waals surface area contributed by atoms with Gasteiger partial charge in [0.05, 0.1) is 0 Å². The Morgan fingerprint density at radius 1 is 0.569 bits per heavy atom. The van der Waals surface area contributed by atoms with Crippen LogP contribution in [-0.2, 0) is 28.4 Å². The molecule has 0 heterocycles. The second-order valence-electron chi connectivity index (χ2n) is 20.8. The number of halogens is 2. The fraction of sp³-hybridized carbons (Fsp3) is 0.481. The number of allylic oxidation sites excluding steroid dienone is 2. The van der Waals surface area contributed by atoms with Gasteiger partial charge < -0.3 is 0 Å². The zero-order valence-corrected chi connectivity index (χ0v) is 40.8. The van der Waals surface area contributed by atoms with Crippen molar-refractivity contribution in [2.75, 3.05) is 0 Å². The van der Waals surface area contributed by atoms with Gasteiger partial charge in [-0.05, 0) is 0 Å². The van der Waals surface area contributed by atoms with Gasteiger partial charge in [0.1, 0.15) is 0 Å². The topological polar surface area (TPSA) is 0 Å². The van der Waals surface area contributed by atoms with Crippen molar-refractivity contribution < 1.29 is 15.6 Å². The summed E-state index contributed by atoms with van der Waals surface area (Å²) in [4.78, 5) is 0. The Bertz CT molecular complexity index is 2110. The van der Waals surface area contributed by atoms with E-state index in [4.69, 9.17) is 0 Å². The molecular formula is C54H65Cl2SiZr. The average Bonchev–Trinajstić information content (AvgIpc) is 4.09. The Kier molecular flexibility index (Phi) is 10.5. The summed E-state index contributed by atoms with van der Waals surface area (Å²) in [6.45, 7) is 9.69. The number of rotatable bonds is 13. The third-order valence-electron chi connectivity index (χ3n) is 17.0. The molecule has 0 amide bonds. The molecule has 2 unspecified atom stereocenters. The second kappa shape index (κ2) is 15.1. The molecule has 0 aromatic heterocycles. The van der Waals surface area contributed by atoms with Crippen LogP contribution in [0.3, 0.4) is 0 Å². The van der Waals surface area contributed by atoms with E-state index in [0.717, 1.165) is 24.7 Å². The van der Waals surface area contributed by atoms with Crippen LogP contribution < -0.4 is 0 Å². The molecule has 2 atom stereocenters. The molecule has 4 fully saturated rings. The molecule has 0 radical (unpaired) electrons. The van der Waals surface area contributed by atoms with E-state index < -0.39 is 21.5 Å². The SMILES string of the molecule is CCCc1ccc(-c2cccc3c2C=C(CC24CCC(CC2)C4)[CH]3[Zr]([Cl])([Cl])([CH]2C(CC34CCC(CC3)C4)=Cc3c(-c4ccc(CCC)cc4)cccc32)[SiH](C)C)cc1. The first kappa shape index (κ1) is 40.1. The van der Waals surface area contributed by atoms with Crippen LogP contribution in [0.25, 0.3) is 34.4 Å². The van der Waals surface area contributed by atoms with Gasteiger partial charge in [0.2, 0.25) is 0 Å². The summed E-state index contributed by atoms with van der Waals surface area (Å²) >= 11 is -5.03. The maximum absolute atomic E-state index is 9.22. The molecular weight excluding hydrogens is 839 g/mol. The van der Waals surface area contributed by atoms with Crippen molar-refractivity contribution in [1.29, 1.82) is 0 Å². The van der Waals surface area contributed by atoms with Gasteiger partial charge >= 0.3 is 362 Å². The van der Waals surface area contributed by atoms with Gasteiger partial charge in [0.15, 0.2) is 0 Å². The monoisotopic (exact) mass is 901 g/mol. The standard InChI is InChI=1S/2C26H29.C2H7Si.2ClH.Zr/c2*1-2-4-19-7-9-22(10-8-19)24-6-3-5-23-15-21(16-25(23)24)18-26-13-11-20(17-26)12-14-26;1-3-2;;;/h2*3,5-10,15-16,20H,2,4,11-14,17-18H2,1H3;3H,1-2H3;2*1H;/q;;;;;+2/p-2. The van der Waals surface area contributed by atoms with E-state index in [2.05, 4.69) is 124 Å². The molecule has 6 aliphatic carbocycles. The maximum atomic E-state index is 9.22. The average molecular weight is 904 g/mol. The van der Waals surface area contributed by atoms with E-state index >= 15 is 0 Å². The summed E-state index contributed by atoms with van der Waals surface area (Å²) in [5.41, 5.74) is 18.0. The number of hydrogen-bond acceptors (Lipinski definition) is 0. The van der Waals surface area contributed by atoms with Crippen LogP contribution >= 0.6 is 17.0 Å². The van der Waals surface area contributed by atoms with Crippen molar-refractivity contribution in [2.24, 2.45) is 22.7 Å². The summed E-state index contributed by atoms with van der Waals surface area (Å²) in [6, 6.07) is 33.4. The molecule has 4 bridgehead atoms. The van der Waals surface area contributed by atoms with E-state index in [1.165, 1.54) is 146 Å². The normalized spacial score (nSPS) is 28.8. The van der Waals surface area contributed by atoms with Crippen LogP contribution in [0.1, 0.15) is 144 Å². The van der Waals surface area contributed by atoms with E-state index in [1.807, 2.05) is 0 Å². The Morgan fingerprint density at radius 3 is 1.29 bits per heavy atom. The van der Waals surface area contributed by atoms with Crippen molar-refractivity contribution in [1.82, 2.24) is 0 Å². The van der Waals surface area contributed by atoms with Crippen molar-refractivity contribution in [2.45, 2.75) is 137 Å². The Morgan fingerprint density at radius 2 is 0.966 bits per heavy atom. The molecule has 4 saturated carbocycles. The minimum absolute atomic E-state index is 0.147. The molecule has 0 aliphatic heterocycles. The molecule has 4 aromatic carbocycles. The van der Waals surface area contributed by atoms with Gasteiger partial charge in [0.25, 0.3) is 0 Å². The fourth-order valence-electron chi connectivity index (χ4n) is 14.1. The van der Waals surface area contributed by atoms with Gasteiger partial charge in [-0.3, -0.25) is 0 Å². The van der Waals surface area contributed by atoms with Crippen LogP contribution in [0.5, 0.6) is 0 Å². The quantitative estimate of drug-likeness (QED) is 0.117. The van der Waals surface area contributed by atoms with E-state index in [0.29, 0.717) is 10.8 Å². The van der Waals surface area contributed by atoms with Crippen molar-refractivity contribution in [3.8, 4) is 22.3 Å². The molecule has 0 saturated heterocycles. The number of aryl methyl sites for hydroxylation is 2. The summed E-state index contributed by atoms with van der Waals surface area (Å²) < 4.78 is 0.294. The molecule has 0 N–H and O–H groups in total. The number of benzene rings is 4. The van der Waals surface area contributed by atoms with E-state index in [1.54, 1.807) is 11.1 Å². The molecule has 10 rings (SSSR count). The van der Waals surface area contributed by atoms with Crippen LogP contribution in [0, 0.1) is 22.7 Å². The number of hydrogen-bond donors (Lipinski definition) is 0. The van der Waals surface area contributed by atoms with Crippen LogP contribution in [0.15, 0.2) is 96.1 Å². The summed E-state index contributed by atoms with van der Waals surface area (Å²) in [7, 11) is 18.4. The first-order valence-electron chi connectivity index (χ1n) is 23.4. The van der Waals surface area contributed by atoms with Gasteiger partial charge in [-0.2, -0.15) is 0 Å². The summed E-state index contributed by atoms with van der Waals surface area (Å²) in [5.74, 6) is 0.131. The van der Waals surface area contributed by atoms with E-state index in [-0.39, 0.29) is 7.25 Å². The predicted molar refractivity (Wildman–Crippen MR) is 251 cm³/mol. The Hall–Kier alpha value is -1.96. The Labute approximate surface area is 359 Å². The number of fused-ring (bicyclic) bond motifs is 6. The van der Waals surface area contributed by atoms with Crippen LogP contribution in [0.4, 0.5) is 0 Å². The Balaban J connectivity index is 1.16.